The minimum Gasteiger partial charge on any atom is -0.545 e. The van der Waals surface area contributed by atoms with Gasteiger partial charge in [-0.2, -0.15) is 48.8 Å². The normalized spacial score (nSPS) is 12.3. The van der Waals surface area contributed by atoms with Crippen molar-refractivity contribution >= 4 is 92.6 Å². The molecule has 0 amide bonds. The number of aromatic nitrogens is 6. The van der Waals surface area contributed by atoms with Gasteiger partial charge >= 0.3 is 35.6 Å². The Balaban J connectivity index is 0.00000580. The van der Waals surface area contributed by atoms with E-state index in [0.717, 1.165) is 18.2 Å². The van der Waals surface area contributed by atoms with Gasteiger partial charge in [0.05, 0.1) is 11.7 Å². The summed E-state index contributed by atoms with van der Waals surface area (Å²) >= 11 is 5.77. The number of nitrogens with zero attached hydrogens (tertiary/aromatic N) is 7. The first-order valence-electron chi connectivity index (χ1n) is 13.7. The SMILES string of the molecule is O=C([O-])c1cc(O)[nH]c(=O)c1N=Nc1ccc(-n2nc3cc(S(=O)(=O)O)c4cc(Nc5nc(F)nc(F)c5Cl)cc(S(=O)(=O)O)c4c3n2)cc1S(=O)(=O)O.[Na+]. The Hall–Kier alpha value is -5.10. The van der Waals surface area contributed by atoms with E-state index in [4.69, 9.17) is 11.6 Å². The van der Waals surface area contributed by atoms with E-state index in [2.05, 4.69) is 35.7 Å². The first-order chi connectivity index (χ1) is 25.0. The van der Waals surface area contributed by atoms with Crippen LogP contribution in [0.4, 0.5) is 31.7 Å². The fourth-order valence-corrected chi connectivity index (χ4v) is 7.10. The van der Waals surface area contributed by atoms with Crippen molar-refractivity contribution in [2.75, 3.05) is 5.32 Å². The molecule has 55 heavy (non-hydrogen) atoms. The van der Waals surface area contributed by atoms with E-state index in [0.29, 0.717) is 29.1 Å². The molecule has 0 aliphatic rings. The number of anilines is 2. The van der Waals surface area contributed by atoms with Gasteiger partial charge in [-0.05, 0) is 36.4 Å². The molecule has 0 unspecified atom stereocenters. The number of aromatic hydroxyl groups is 1. The summed E-state index contributed by atoms with van der Waals surface area (Å²) in [6.07, 6.45) is -1.61. The van der Waals surface area contributed by atoms with Crippen molar-refractivity contribution in [1.82, 2.24) is 29.9 Å². The largest absolute Gasteiger partial charge is 1.00 e. The fraction of sp³-hybridized carbons (Fsp3) is 0. The summed E-state index contributed by atoms with van der Waals surface area (Å²) in [5.74, 6) is -5.15. The van der Waals surface area contributed by atoms with Crippen LogP contribution in [0, 0.1) is 12.0 Å². The molecular weight excluding hydrogens is 839 g/mol. The average molecular weight is 852 g/mol. The Bertz CT molecular complexity index is 3080. The van der Waals surface area contributed by atoms with Gasteiger partial charge < -0.3 is 20.3 Å². The molecular formula is C26H13ClF2N9NaO13S3. The standard InChI is InChI=1S/C26H14ClF2N9O13S3.Na/c27-19-22(28)32-26(29)33-23(19)30-8-3-10-14(52(43,44)45)7-13-21(18(10)16(4-8)54(49,50)51)37-38(36-13)9-1-2-12(15(5-9)53(46,47)48)34-35-20-11(25(41)42)6-17(39)31-24(20)40;/h1-7H,(H,41,42)(H,30,32,33)(H2,31,39,40)(H,43,44,45)(H,46,47,48)(H,49,50,51);/q;+1/p-1. The maximum Gasteiger partial charge on any atom is 1.00 e. The molecule has 0 spiro atoms. The zero-order valence-electron chi connectivity index (χ0n) is 26.5. The number of nitrogens with one attached hydrogen (secondary N) is 2. The number of fused-ring (bicyclic) bond motifs is 3. The van der Waals surface area contributed by atoms with Crippen LogP contribution >= 0.6 is 11.6 Å². The van der Waals surface area contributed by atoms with Gasteiger partial charge in [0.25, 0.3) is 35.9 Å². The number of carboxylic acids is 1. The molecule has 3 heterocycles. The number of halogens is 3. The first-order valence-corrected chi connectivity index (χ1v) is 18.4. The van der Waals surface area contributed by atoms with Gasteiger partial charge in [-0.3, -0.25) is 23.4 Å². The third-order valence-corrected chi connectivity index (χ3v) is 10.0. The van der Waals surface area contributed by atoms with Crippen LogP contribution in [0.3, 0.4) is 0 Å². The molecule has 0 saturated heterocycles. The van der Waals surface area contributed by atoms with Crippen molar-refractivity contribution in [1.29, 1.82) is 0 Å². The van der Waals surface area contributed by atoms with Crippen molar-refractivity contribution in [3.05, 3.63) is 75.4 Å². The molecule has 0 bridgehead atoms. The molecule has 6 rings (SSSR count). The smallest absolute Gasteiger partial charge is 0.545 e. The van der Waals surface area contributed by atoms with Gasteiger partial charge in [0.1, 0.15) is 36.4 Å². The van der Waals surface area contributed by atoms with Crippen LogP contribution in [0.1, 0.15) is 10.4 Å². The zero-order valence-corrected chi connectivity index (χ0v) is 31.7. The number of H-pyrrole nitrogens is 1. The quantitative estimate of drug-likeness (QED) is 0.0332. The second-order valence-corrected chi connectivity index (χ2v) is 15.1. The summed E-state index contributed by atoms with van der Waals surface area (Å²) in [4.78, 5) is 28.9. The van der Waals surface area contributed by atoms with Gasteiger partial charge in [-0.1, -0.05) is 11.6 Å². The Morgan fingerprint density at radius 3 is 2.16 bits per heavy atom. The van der Waals surface area contributed by atoms with Crippen molar-refractivity contribution in [2.24, 2.45) is 10.2 Å². The van der Waals surface area contributed by atoms with Gasteiger partial charge in [-0.15, -0.1) is 20.4 Å². The van der Waals surface area contributed by atoms with Crippen LogP contribution in [0.15, 0.2) is 72.2 Å². The number of aromatic carboxylic acids is 1. The molecule has 0 aliphatic carbocycles. The summed E-state index contributed by atoms with van der Waals surface area (Å²) in [5.41, 5.74) is -5.74. The van der Waals surface area contributed by atoms with E-state index in [-0.39, 0.29) is 35.2 Å². The van der Waals surface area contributed by atoms with Crippen LogP contribution in [0.5, 0.6) is 5.88 Å². The molecule has 29 heteroatoms. The van der Waals surface area contributed by atoms with E-state index in [1.807, 2.05) is 4.98 Å². The Kier molecular flexibility index (Phi) is 10.8. The predicted octanol–water partition coefficient (Wildman–Crippen LogP) is -1.04. The number of hydrogen-bond acceptors (Lipinski definition) is 17. The Morgan fingerprint density at radius 1 is 0.891 bits per heavy atom. The number of aromatic amines is 1. The zero-order chi connectivity index (χ0) is 39.7. The van der Waals surface area contributed by atoms with Gasteiger partial charge in [0.2, 0.25) is 5.95 Å². The summed E-state index contributed by atoms with van der Waals surface area (Å²) in [6.45, 7) is 0. The number of pyridine rings is 1. The molecule has 3 aromatic heterocycles. The van der Waals surface area contributed by atoms with Gasteiger partial charge in [0, 0.05) is 28.1 Å². The topological polar surface area (TPSA) is 350 Å². The molecule has 6 aromatic rings. The minimum absolute atomic E-state index is 0. The number of carboxylic acid groups (broad SMARTS) is 1. The van der Waals surface area contributed by atoms with Crippen LogP contribution < -0.4 is 45.5 Å². The Morgan fingerprint density at radius 2 is 1.55 bits per heavy atom. The number of benzene rings is 3. The summed E-state index contributed by atoms with van der Waals surface area (Å²) in [7, 11) is -15.9. The van der Waals surface area contributed by atoms with E-state index in [9.17, 15) is 67.5 Å². The van der Waals surface area contributed by atoms with E-state index in [1.165, 1.54) is 0 Å². The van der Waals surface area contributed by atoms with Crippen LogP contribution in [0.25, 0.3) is 27.5 Å². The van der Waals surface area contributed by atoms with E-state index in [1.54, 1.807) is 0 Å². The monoisotopic (exact) mass is 851 g/mol. The third-order valence-electron chi connectivity index (χ3n) is 7.04. The summed E-state index contributed by atoms with van der Waals surface area (Å²) < 4.78 is 133. The molecule has 0 atom stereocenters. The Labute approximate surface area is 330 Å². The number of azo groups is 1. The van der Waals surface area contributed by atoms with Gasteiger partial charge in [-0.25, -0.2) is 0 Å². The molecule has 6 N–H and O–H groups in total. The summed E-state index contributed by atoms with van der Waals surface area (Å²) in [5, 5.41) is 35.9. The molecule has 0 radical (unpaired) electrons. The van der Waals surface area contributed by atoms with Crippen LogP contribution in [-0.4, -0.2) is 79.9 Å². The summed E-state index contributed by atoms with van der Waals surface area (Å²) in [6, 6.07) is 5.30. The first kappa shape index (κ1) is 41.1. The maximum absolute atomic E-state index is 14.0. The average Bonchev–Trinajstić information content (AvgIpc) is 3.48. The van der Waals surface area contributed by atoms with Crippen molar-refractivity contribution in [2.45, 2.75) is 14.7 Å². The predicted molar refractivity (Wildman–Crippen MR) is 173 cm³/mol. The van der Waals surface area contributed by atoms with Crippen LogP contribution in [0.2, 0.25) is 5.02 Å². The minimum atomic E-state index is -5.38. The van der Waals surface area contributed by atoms with E-state index < -0.39 is 130 Å². The van der Waals surface area contributed by atoms with E-state index >= 15 is 0 Å². The van der Waals surface area contributed by atoms with Gasteiger partial charge in [0.15, 0.2) is 17.4 Å². The molecule has 0 fully saturated rings. The molecule has 280 valence electrons. The number of rotatable bonds is 9. The number of carbonyl (C=O) groups excluding carboxylic acids is 1. The van der Waals surface area contributed by atoms with Crippen LogP contribution in [-0.2, 0) is 30.4 Å². The molecule has 0 aliphatic heterocycles. The molecule has 22 nitrogen and oxygen atoms in total. The second-order valence-electron chi connectivity index (χ2n) is 10.5. The van der Waals surface area contributed by atoms with Crippen molar-refractivity contribution in [3.63, 3.8) is 0 Å². The van der Waals surface area contributed by atoms with Crippen molar-refractivity contribution in [3.8, 4) is 11.6 Å². The molecule has 0 saturated carbocycles. The number of carbonyl (C=O) groups is 1. The second kappa shape index (κ2) is 14.5. The fourth-order valence-electron chi connectivity index (χ4n) is 4.88. The molecule has 3 aromatic carbocycles. The number of hydrogen-bond donors (Lipinski definition) is 6. The van der Waals surface area contributed by atoms with Crippen molar-refractivity contribution < 1.29 is 92.3 Å². The maximum atomic E-state index is 14.0. The third kappa shape index (κ3) is 8.15.